The van der Waals surface area contributed by atoms with Crippen molar-refractivity contribution in [1.29, 1.82) is 0 Å². The fraction of sp³-hybridized carbons (Fsp3) is 0.147. The van der Waals surface area contributed by atoms with Gasteiger partial charge in [0.15, 0.2) is 4.80 Å². The minimum atomic E-state index is -0.659. The lowest BCUT2D eigenvalue weighted by molar-refractivity contribution is -0.136. The molecule has 1 aliphatic heterocycles. The molecule has 1 atom stereocenters. The number of halogens is 1. The lowest BCUT2D eigenvalue weighted by Gasteiger charge is -2.25. The van der Waals surface area contributed by atoms with Gasteiger partial charge in [0.1, 0.15) is 12.4 Å². The third-order valence-corrected chi connectivity index (χ3v) is 8.51. The van der Waals surface area contributed by atoms with Gasteiger partial charge in [-0.25, -0.2) is 9.79 Å². The molecule has 0 aliphatic carbocycles. The predicted molar refractivity (Wildman–Crippen MR) is 167 cm³/mol. The maximum absolute atomic E-state index is 14.0. The summed E-state index contributed by atoms with van der Waals surface area (Å²) in [6, 6.07) is 28.5. The molecule has 0 saturated carbocycles. The summed E-state index contributed by atoms with van der Waals surface area (Å²) in [5.41, 5.74) is 3.24. The first kappa shape index (κ1) is 27.7. The molecule has 2 heterocycles. The first-order valence-corrected chi connectivity index (χ1v) is 14.7. The molecule has 0 bridgehead atoms. The van der Waals surface area contributed by atoms with Gasteiger partial charge >= 0.3 is 5.97 Å². The molecule has 210 valence electrons. The highest BCUT2D eigenvalue weighted by Crippen LogP contribution is 2.32. The summed E-state index contributed by atoms with van der Waals surface area (Å²) in [7, 11) is 1.34. The molecule has 5 aromatic rings. The van der Waals surface area contributed by atoms with Crippen molar-refractivity contribution in [3.05, 3.63) is 144 Å². The normalized spacial score (nSPS) is 14.9. The van der Waals surface area contributed by atoms with Gasteiger partial charge in [0.2, 0.25) is 0 Å². The molecule has 0 saturated heterocycles. The van der Waals surface area contributed by atoms with E-state index in [2.05, 4.69) is 18.2 Å². The van der Waals surface area contributed by atoms with Crippen LogP contribution in [0.25, 0.3) is 16.8 Å². The number of ether oxygens (including phenoxy) is 2. The number of fused-ring (bicyclic) bond motifs is 2. The summed E-state index contributed by atoms with van der Waals surface area (Å²) >= 11 is 7.67. The maximum atomic E-state index is 14.0. The minimum Gasteiger partial charge on any atom is -0.488 e. The SMILES string of the molecule is CCC1=C(C(=O)OC)[C@H](c2ccccc2)n2c(s/c(=C/c3cc(Cl)ccc3OCc3cccc4ccccc34)c2=O)=N1. The van der Waals surface area contributed by atoms with E-state index in [0.717, 1.165) is 21.9 Å². The van der Waals surface area contributed by atoms with Crippen molar-refractivity contribution in [3.8, 4) is 5.75 Å². The number of rotatable bonds is 7. The highest BCUT2D eigenvalue weighted by molar-refractivity contribution is 7.07. The third-order valence-electron chi connectivity index (χ3n) is 7.29. The highest BCUT2D eigenvalue weighted by atomic mass is 35.5. The Hall–Kier alpha value is -4.46. The largest absolute Gasteiger partial charge is 0.488 e. The van der Waals surface area contributed by atoms with Crippen LogP contribution in [0, 0.1) is 0 Å². The van der Waals surface area contributed by atoms with Gasteiger partial charge in [-0.3, -0.25) is 9.36 Å². The number of nitrogens with zero attached hydrogens (tertiary/aromatic N) is 2. The van der Waals surface area contributed by atoms with Crippen molar-refractivity contribution in [3.63, 3.8) is 0 Å². The zero-order chi connectivity index (χ0) is 29.2. The Balaban J connectivity index is 1.45. The van der Waals surface area contributed by atoms with Crippen LogP contribution in [-0.4, -0.2) is 17.6 Å². The van der Waals surface area contributed by atoms with Gasteiger partial charge in [0.25, 0.3) is 5.56 Å². The van der Waals surface area contributed by atoms with E-state index in [1.807, 2.05) is 67.6 Å². The number of hydrogen-bond acceptors (Lipinski definition) is 6. The molecule has 4 aromatic carbocycles. The number of benzene rings is 4. The molecular formula is C34H27ClN2O4S. The zero-order valence-electron chi connectivity index (χ0n) is 23.0. The summed E-state index contributed by atoms with van der Waals surface area (Å²) in [4.78, 5) is 32.3. The maximum Gasteiger partial charge on any atom is 0.338 e. The minimum absolute atomic E-state index is 0.260. The second-order valence-electron chi connectivity index (χ2n) is 9.81. The fourth-order valence-corrected chi connectivity index (χ4v) is 6.48. The number of esters is 1. The molecule has 0 amide bonds. The number of aromatic nitrogens is 1. The van der Waals surface area contributed by atoms with Gasteiger partial charge in [-0.05, 0) is 52.6 Å². The summed E-state index contributed by atoms with van der Waals surface area (Å²) in [6.45, 7) is 2.28. The van der Waals surface area contributed by atoms with Gasteiger partial charge in [-0.2, -0.15) is 0 Å². The quantitative estimate of drug-likeness (QED) is 0.211. The van der Waals surface area contributed by atoms with E-state index in [0.29, 0.717) is 50.0 Å². The van der Waals surface area contributed by atoms with Crippen molar-refractivity contribution >= 4 is 45.8 Å². The van der Waals surface area contributed by atoms with Gasteiger partial charge < -0.3 is 9.47 Å². The monoisotopic (exact) mass is 594 g/mol. The van der Waals surface area contributed by atoms with E-state index in [4.69, 9.17) is 26.1 Å². The smallest absolute Gasteiger partial charge is 0.338 e. The number of thiazole rings is 1. The Morgan fingerprint density at radius 1 is 1.02 bits per heavy atom. The molecule has 1 aromatic heterocycles. The molecule has 42 heavy (non-hydrogen) atoms. The van der Waals surface area contributed by atoms with Crippen molar-refractivity contribution in [1.82, 2.24) is 4.57 Å². The summed E-state index contributed by atoms with van der Waals surface area (Å²) in [6.07, 6.45) is 2.29. The molecule has 0 fully saturated rings. The summed E-state index contributed by atoms with van der Waals surface area (Å²) < 4.78 is 13.5. The lowest BCUT2D eigenvalue weighted by Crippen LogP contribution is -2.40. The molecule has 0 spiro atoms. The van der Waals surface area contributed by atoms with Gasteiger partial charge in [-0.1, -0.05) is 103 Å². The number of carbonyl (C=O) groups excluding carboxylic acids is 1. The topological polar surface area (TPSA) is 69.9 Å². The molecule has 8 heteroatoms. The Morgan fingerprint density at radius 3 is 2.57 bits per heavy atom. The second kappa shape index (κ2) is 11.8. The summed E-state index contributed by atoms with van der Waals surface area (Å²) in [5.74, 6) is 0.0972. The van der Waals surface area contributed by atoms with Crippen molar-refractivity contribution in [2.75, 3.05) is 7.11 Å². The van der Waals surface area contributed by atoms with E-state index < -0.39 is 12.0 Å². The summed E-state index contributed by atoms with van der Waals surface area (Å²) in [5, 5.41) is 2.79. The molecule has 6 nitrogen and oxygen atoms in total. The Bertz CT molecular complexity index is 2020. The molecular weight excluding hydrogens is 568 g/mol. The number of hydrogen-bond donors (Lipinski definition) is 0. The van der Waals surface area contributed by atoms with Crippen molar-refractivity contribution in [2.24, 2.45) is 4.99 Å². The van der Waals surface area contributed by atoms with Gasteiger partial charge in [0.05, 0.1) is 29.0 Å². The van der Waals surface area contributed by atoms with E-state index in [-0.39, 0.29) is 5.56 Å². The molecule has 1 aliphatic rings. The Kier molecular flexibility index (Phi) is 7.78. The average Bonchev–Trinajstić information content (AvgIpc) is 3.33. The third kappa shape index (κ3) is 5.17. The highest BCUT2D eigenvalue weighted by Gasteiger charge is 2.33. The second-order valence-corrected chi connectivity index (χ2v) is 11.3. The van der Waals surface area contributed by atoms with Crippen LogP contribution in [0.2, 0.25) is 5.02 Å². The average molecular weight is 595 g/mol. The first-order valence-electron chi connectivity index (χ1n) is 13.6. The molecule has 0 radical (unpaired) electrons. The van der Waals surface area contributed by atoms with Crippen LogP contribution in [0.15, 0.2) is 112 Å². The van der Waals surface area contributed by atoms with Crippen molar-refractivity contribution < 1.29 is 14.3 Å². The van der Waals surface area contributed by atoms with Crippen LogP contribution in [0.5, 0.6) is 5.75 Å². The van der Waals surface area contributed by atoms with Crippen LogP contribution in [-0.2, 0) is 16.1 Å². The molecule has 0 N–H and O–H groups in total. The van der Waals surface area contributed by atoms with Crippen molar-refractivity contribution in [2.45, 2.75) is 26.0 Å². The molecule has 0 unspecified atom stereocenters. The standard InChI is InChI=1S/C34H27ClN2O4S/c1-3-27-30(33(39)40-2)31(22-11-5-4-6-12-22)37-32(38)29(42-34(37)36-27)19-24-18-25(35)16-17-28(24)41-20-23-14-9-13-21-10-7-8-15-26(21)23/h4-19,31H,3,20H2,1-2H3/b29-19+/t31-/m0/s1. The van der Waals surface area contributed by atoms with E-state index in [1.165, 1.54) is 18.4 Å². The van der Waals surface area contributed by atoms with E-state index in [9.17, 15) is 9.59 Å². The lowest BCUT2D eigenvalue weighted by atomic mass is 9.95. The Morgan fingerprint density at radius 2 is 1.79 bits per heavy atom. The first-order chi connectivity index (χ1) is 20.5. The number of methoxy groups -OCH3 is 1. The Labute approximate surface area is 251 Å². The predicted octanol–water partition coefficient (Wildman–Crippen LogP) is 6.18. The van der Waals surface area contributed by atoms with E-state index in [1.54, 1.807) is 22.8 Å². The van der Waals surface area contributed by atoms with E-state index >= 15 is 0 Å². The van der Waals surface area contributed by atoms with Crippen LogP contribution >= 0.6 is 22.9 Å². The molecule has 6 rings (SSSR count). The van der Waals surface area contributed by atoms with Gasteiger partial charge in [-0.15, -0.1) is 0 Å². The number of carbonyl (C=O) groups is 1. The fourth-order valence-electron chi connectivity index (χ4n) is 5.29. The zero-order valence-corrected chi connectivity index (χ0v) is 24.6. The van der Waals surface area contributed by atoms with Crippen LogP contribution in [0.3, 0.4) is 0 Å². The van der Waals surface area contributed by atoms with Crippen LogP contribution in [0.4, 0.5) is 0 Å². The van der Waals surface area contributed by atoms with Crippen LogP contribution < -0.4 is 19.6 Å². The van der Waals surface area contributed by atoms with Crippen LogP contribution in [0.1, 0.15) is 36.1 Å². The van der Waals surface area contributed by atoms with Gasteiger partial charge in [0, 0.05) is 10.6 Å². The number of allylic oxidation sites excluding steroid dienone is 1.